The maximum Gasteiger partial charge on any atom is 0.127 e. The molecule has 1 heterocycles. The molecule has 1 N–H and O–H groups in total. The van der Waals surface area contributed by atoms with E-state index in [1.54, 1.807) is 0 Å². The molecule has 1 aliphatic heterocycles. The molecule has 3 aromatic rings. The van der Waals surface area contributed by atoms with E-state index < -0.39 is 16.6 Å². The van der Waals surface area contributed by atoms with Gasteiger partial charge in [0.05, 0.1) is 10.5 Å². The fraction of sp³-hybridized carbons (Fsp3) is 0.379. The molecule has 5 nitrogen and oxygen atoms in total. The van der Waals surface area contributed by atoms with Crippen molar-refractivity contribution in [2.75, 3.05) is 26.2 Å². The average molecular weight is 493 g/mol. The zero-order valence-corrected chi connectivity index (χ0v) is 21.8. The van der Waals surface area contributed by atoms with Gasteiger partial charge in [-0.15, -0.1) is 0 Å². The maximum absolute atomic E-state index is 13.3. The van der Waals surface area contributed by atoms with Gasteiger partial charge in [-0.05, 0) is 61.2 Å². The van der Waals surface area contributed by atoms with Crippen LogP contribution in [0.15, 0.2) is 77.7 Å². The number of aryl methyl sites for hydroxylation is 1. The van der Waals surface area contributed by atoms with Crippen LogP contribution in [0, 0.1) is 6.92 Å². The first-order valence-corrected chi connectivity index (χ1v) is 13.6. The quantitative estimate of drug-likeness (QED) is 0.420. The molecule has 0 saturated carbocycles. The summed E-state index contributed by atoms with van der Waals surface area (Å²) in [4.78, 5) is 3.11. The van der Waals surface area contributed by atoms with E-state index in [0.717, 1.165) is 47.2 Å². The Bertz CT molecular complexity index is 1140. The highest BCUT2D eigenvalue weighted by atomic mass is 32.2. The lowest BCUT2D eigenvalue weighted by molar-refractivity contribution is -0.0298. The third-order valence-corrected chi connectivity index (χ3v) is 8.43. The van der Waals surface area contributed by atoms with E-state index in [2.05, 4.69) is 17.0 Å². The van der Waals surface area contributed by atoms with Crippen LogP contribution >= 0.6 is 0 Å². The molecule has 0 aliphatic carbocycles. The predicted molar refractivity (Wildman–Crippen MR) is 142 cm³/mol. The Morgan fingerprint density at radius 3 is 2.31 bits per heavy atom. The van der Waals surface area contributed by atoms with Crippen LogP contribution in [-0.4, -0.2) is 44.7 Å². The standard InChI is InChI=1S/C29H36N2O3S/c1-4-31(5-2)35(33)28-20-23(3)14-15-27(28)29(32)16-18-30(19-17-29)22-24-10-9-13-26(21-24)34-25-11-7-6-8-12-25/h6-15,20-21,32H,4-5,16-19,22H2,1-3H3. The molecule has 1 aliphatic rings. The molecule has 6 heteroatoms. The summed E-state index contributed by atoms with van der Waals surface area (Å²) in [5, 5.41) is 11.7. The Labute approximate surface area is 211 Å². The molecule has 35 heavy (non-hydrogen) atoms. The Kier molecular flexibility index (Phi) is 8.39. The van der Waals surface area contributed by atoms with E-state index in [9.17, 15) is 9.32 Å². The number of aliphatic hydroxyl groups is 1. The van der Waals surface area contributed by atoms with E-state index in [0.29, 0.717) is 25.9 Å². The van der Waals surface area contributed by atoms with E-state index >= 15 is 0 Å². The van der Waals surface area contributed by atoms with Crippen molar-refractivity contribution >= 4 is 11.0 Å². The van der Waals surface area contributed by atoms with Crippen LogP contribution in [0.3, 0.4) is 0 Å². The number of piperidine rings is 1. The third-order valence-electron chi connectivity index (χ3n) is 6.73. The average Bonchev–Trinajstić information content (AvgIpc) is 2.87. The van der Waals surface area contributed by atoms with Gasteiger partial charge in [-0.2, -0.15) is 0 Å². The number of rotatable bonds is 9. The van der Waals surface area contributed by atoms with Crippen molar-refractivity contribution in [1.29, 1.82) is 0 Å². The van der Waals surface area contributed by atoms with Crippen LogP contribution in [0.1, 0.15) is 43.4 Å². The van der Waals surface area contributed by atoms with Crippen molar-refractivity contribution < 1.29 is 14.1 Å². The summed E-state index contributed by atoms with van der Waals surface area (Å²) < 4.78 is 21.3. The van der Waals surface area contributed by atoms with Gasteiger partial charge in [0.2, 0.25) is 0 Å². The summed E-state index contributed by atoms with van der Waals surface area (Å²) in [6.07, 6.45) is 1.22. The number of para-hydroxylation sites is 1. The molecule has 4 rings (SSSR count). The maximum atomic E-state index is 13.3. The van der Waals surface area contributed by atoms with Crippen LogP contribution in [0.2, 0.25) is 0 Å². The highest BCUT2D eigenvalue weighted by molar-refractivity contribution is 7.82. The molecule has 0 spiro atoms. The second kappa shape index (κ2) is 11.5. The lowest BCUT2D eigenvalue weighted by Crippen LogP contribution is -2.43. The summed E-state index contributed by atoms with van der Waals surface area (Å²) in [6, 6.07) is 24.0. The van der Waals surface area contributed by atoms with Crippen molar-refractivity contribution in [2.24, 2.45) is 0 Å². The van der Waals surface area contributed by atoms with Crippen LogP contribution in [0.4, 0.5) is 0 Å². The van der Waals surface area contributed by atoms with Crippen molar-refractivity contribution in [3.63, 3.8) is 0 Å². The van der Waals surface area contributed by atoms with Crippen molar-refractivity contribution in [2.45, 2.75) is 50.7 Å². The van der Waals surface area contributed by atoms with Gasteiger partial charge in [-0.25, -0.2) is 8.51 Å². The molecule has 1 unspecified atom stereocenters. The van der Waals surface area contributed by atoms with Gasteiger partial charge >= 0.3 is 0 Å². The van der Waals surface area contributed by atoms with Crippen LogP contribution in [0.25, 0.3) is 0 Å². The van der Waals surface area contributed by atoms with Gasteiger partial charge in [0.1, 0.15) is 22.5 Å². The number of nitrogens with zero attached hydrogens (tertiary/aromatic N) is 2. The van der Waals surface area contributed by atoms with E-state index in [-0.39, 0.29) is 0 Å². The molecular weight excluding hydrogens is 456 g/mol. The van der Waals surface area contributed by atoms with Gasteiger partial charge in [-0.3, -0.25) is 4.90 Å². The molecular formula is C29H36N2O3S. The Morgan fingerprint density at radius 2 is 1.63 bits per heavy atom. The predicted octanol–water partition coefficient (Wildman–Crippen LogP) is 5.64. The zero-order valence-electron chi connectivity index (χ0n) is 20.9. The second-order valence-electron chi connectivity index (χ2n) is 9.23. The smallest absolute Gasteiger partial charge is 0.127 e. The first kappa shape index (κ1) is 25.6. The monoisotopic (exact) mass is 492 g/mol. The Morgan fingerprint density at radius 1 is 0.943 bits per heavy atom. The fourth-order valence-electron chi connectivity index (χ4n) is 4.70. The van der Waals surface area contributed by atoms with Gasteiger partial charge in [0, 0.05) is 38.3 Å². The molecule has 0 amide bonds. The molecule has 186 valence electrons. The topological polar surface area (TPSA) is 53.0 Å². The van der Waals surface area contributed by atoms with E-state index in [1.165, 1.54) is 5.56 Å². The number of hydrogen-bond acceptors (Lipinski definition) is 4. The highest BCUT2D eigenvalue weighted by Gasteiger charge is 2.37. The lowest BCUT2D eigenvalue weighted by Gasteiger charge is -2.39. The van der Waals surface area contributed by atoms with E-state index in [4.69, 9.17) is 4.74 Å². The molecule has 1 atom stereocenters. The molecule has 0 radical (unpaired) electrons. The van der Waals surface area contributed by atoms with Crippen LogP contribution in [0.5, 0.6) is 11.5 Å². The summed E-state index contributed by atoms with van der Waals surface area (Å²) >= 11 is 0. The van der Waals surface area contributed by atoms with Crippen molar-refractivity contribution in [3.05, 3.63) is 89.5 Å². The number of ether oxygens (including phenoxy) is 1. The highest BCUT2D eigenvalue weighted by Crippen LogP contribution is 2.37. The minimum absolute atomic E-state index is 0.610. The summed E-state index contributed by atoms with van der Waals surface area (Å²) in [6.45, 7) is 9.79. The summed E-state index contributed by atoms with van der Waals surface area (Å²) in [5.41, 5.74) is 2.08. The van der Waals surface area contributed by atoms with Gasteiger partial charge in [-0.1, -0.05) is 56.3 Å². The van der Waals surface area contributed by atoms with Crippen LogP contribution < -0.4 is 4.74 Å². The minimum Gasteiger partial charge on any atom is -0.457 e. The normalized spacial score (nSPS) is 16.8. The van der Waals surface area contributed by atoms with Crippen molar-refractivity contribution in [1.82, 2.24) is 9.21 Å². The molecule has 1 saturated heterocycles. The number of benzene rings is 3. The second-order valence-corrected chi connectivity index (χ2v) is 10.7. The zero-order chi connectivity index (χ0) is 24.8. The first-order chi connectivity index (χ1) is 16.9. The van der Waals surface area contributed by atoms with Gasteiger partial charge in [0.15, 0.2) is 0 Å². The summed E-state index contributed by atoms with van der Waals surface area (Å²) in [7, 11) is -1.28. The first-order valence-electron chi connectivity index (χ1n) is 12.5. The van der Waals surface area contributed by atoms with E-state index in [1.807, 2.05) is 85.7 Å². The minimum atomic E-state index is -1.28. The SMILES string of the molecule is CCN(CC)S(=O)c1cc(C)ccc1C1(O)CCN(Cc2cccc(Oc3ccccc3)c2)CC1. The molecule has 0 aromatic heterocycles. The summed E-state index contributed by atoms with van der Waals surface area (Å²) in [5.74, 6) is 1.65. The number of likely N-dealkylation sites (tertiary alicyclic amines) is 1. The van der Waals surface area contributed by atoms with Gasteiger partial charge in [0.25, 0.3) is 0 Å². The third kappa shape index (κ3) is 6.19. The molecule has 3 aromatic carbocycles. The Hall–Kier alpha value is -2.51. The van der Waals surface area contributed by atoms with Crippen LogP contribution in [-0.2, 0) is 23.1 Å². The largest absolute Gasteiger partial charge is 0.457 e. The fourth-order valence-corrected chi connectivity index (χ4v) is 6.18. The van der Waals surface area contributed by atoms with Gasteiger partial charge < -0.3 is 9.84 Å². The lowest BCUT2D eigenvalue weighted by atomic mass is 9.84. The molecule has 0 bridgehead atoms. The Balaban J connectivity index is 1.44. The number of hydrogen-bond donors (Lipinski definition) is 1. The molecule has 1 fully saturated rings. The van der Waals surface area contributed by atoms with Crippen molar-refractivity contribution in [3.8, 4) is 11.5 Å².